The Balaban J connectivity index is 2.13. The van der Waals surface area contributed by atoms with E-state index in [1.165, 1.54) is 12.1 Å². The molecule has 0 bridgehead atoms. The van der Waals surface area contributed by atoms with Crippen LogP contribution in [0.1, 0.15) is 16.7 Å². The van der Waals surface area contributed by atoms with Gasteiger partial charge in [0.2, 0.25) is 0 Å². The molecule has 2 rings (SSSR count). The fourth-order valence-electron chi connectivity index (χ4n) is 2.32. The van der Waals surface area contributed by atoms with Gasteiger partial charge in [-0.15, -0.1) is 0 Å². The number of anilines is 2. The molecule has 4 nitrogen and oxygen atoms in total. The van der Waals surface area contributed by atoms with Crippen LogP contribution in [0, 0.1) is 20.8 Å². The molecule has 0 atom stereocenters. The number of amides is 2. The summed E-state index contributed by atoms with van der Waals surface area (Å²) < 4.78 is 0. The van der Waals surface area contributed by atoms with E-state index >= 15 is 0 Å². The highest BCUT2D eigenvalue weighted by Gasteiger charge is 2.17. The molecule has 0 radical (unpaired) electrons. The van der Waals surface area contributed by atoms with Crippen molar-refractivity contribution in [2.24, 2.45) is 0 Å². The first-order valence-electron chi connectivity index (χ1n) is 6.93. The average Bonchev–Trinajstić information content (AvgIpc) is 2.45. The summed E-state index contributed by atoms with van der Waals surface area (Å²) in [5.74, 6) is -1.56. The van der Waals surface area contributed by atoms with Gasteiger partial charge in [-0.2, -0.15) is 0 Å². The Morgan fingerprint density at radius 1 is 0.870 bits per heavy atom. The summed E-state index contributed by atoms with van der Waals surface area (Å²) in [6.45, 7) is 5.73. The summed E-state index contributed by atoms with van der Waals surface area (Å²) in [6.07, 6.45) is 0. The van der Waals surface area contributed by atoms with E-state index in [-0.39, 0.29) is 5.02 Å². The lowest BCUT2D eigenvalue weighted by Crippen LogP contribution is -2.29. The summed E-state index contributed by atoms with van der Waals surface area (Å²) in [5.41, 5.74) is 3.85. The number of rotatable bonds is 2. The largest absolute Gasteiger partial charge is 0.317 e. The van der Waals surface area contributed by atoms with E-state index < -0.39 is 11.8 Å². The van der Waals surface area contributed by atoms with Crippen LogP contribution in [-0.2, 0) is 9.59 Å². The average molecular weight is 351 g/mol. The molecule has 23 heavy (non-hydrogen) atoms. The predicted octanol–water partition coefficient (Wildman–Crippen LogP) is 4.50. The fraction of sp³-hybridized carbons (Fsp3) is 0.176. The van der Waals surface area contributed by atoms with E-state index in [1.54, 1.807) is 6.07 Å². The Morgan fingerprint density at radius 3 is 2.00 bits per heavy atom. The minimum absolute atomic E-state index is 0.265. The first-order valence-corrected chi connectivity index (χ1v) is 7.68. The number of nitrogens with one attached hydrogen (secondary N) is 2. The zero-order valence-corrected chi connectivity index (χ0v) is 14.5. The molecule has 0 aliphatic rings. The molecular weight excluding hydrogens is 335 g/mol. The molecule has 0 aliphatic carbocycles. The zero-order valence-electron chi connectivity index (χ0n) is 13.0. The maximum absolute atomic E-state index is 12.1. The van der Waals surface area contributed by atoms with Gasteiger partial charge in [0.15, 0.2) is 0 Å². The van der Waals surface area contributed by atoms with Crippen molar-refractivity contribution >= 4 is 46.4 Å². The second-order valence-electron chi connectivity index (χ2n) is 5.31. The normalized spacial score (nSPS) is 10.3. The molecule has 0 unspecified atom stereocenters. The summed E-state index contributed by atoms with van der Waals surface area (Å²) in [4.78, 5) is 24.1. The van der Waals surface area contributed by atoms with Crippen molar-refractivity contribution in [3.8, 4) is 0 Å². The van der Waals surface area contributed by atoms with Crippen LogP contribution >= 0.6 is 23.2 Å². The summed E-state index contributed by atoms with van der Waals surface area (Å²) in [7, 11) is 0. The molecule has 2 amide bonds. The number of benzene rings is 2. The fourth-order valence-corrected chi connectivity index (χ4v) is 2.77. The number of hydrogen-bond donors (Lipinski definition) is 2. The van der Waals surface area contributed by atoms with E-state index in [4.69, 9.17) is 23.2 Å². The number of carbonyl (C=O) groups is 2. The maximum Gasteiger partial charge on any atom is 0.314 e. The van der Waals surface area contributed by atoms with Gasteiger partial charge in [0.1, 0.15) is 0 Å². The third-order valence-electron chi connectivity index (χ3n) is 3.30. The van der Waals surface area contributed by atoms with Crippen LogP contribution in [0.4, 0.5) is 11.4 Å². The molecule has 0 fully saturated rings. The molecule has 2 aromatic rings. The predicted molar refractivity (Wildman–Crippen MR) is 94.4 cm³/mol. The zero-order chi connectivity index (χ0) is 17.1. The minimum Gasteiger partial charge on any atom is -0.317 e. The van der Waals surface area contributed by atoms with Crippen molar-refractivity contribution < 1.29 is 9.59 Å². The van der Waals surface area contributed by atoms with Crippen LogP contribution in [0.15, 0.2) is 30.3 Å². The topological polar surface area (TPSA) is 58.2 Å². The van der Waals surface area contributed by atoms with Crippen molar-refractivity contribution in [2.75, 3.05) is 10.6 Å². The Kier molecular flexibility index (Phi) is 5.29. The van der Waals surface area contributed by atoms with Crippen LogP contribution in [0.2, 0.25) is 10.0 Å². The molecular formula is C17H16Cl2N2O2. The third kappa shape index (κ3) is 4.24. The van der Waals surface area contributed by atoms with Crippen molar-refractivity contribution in [1.82, 2.24) is 0 Å². The highest BCUT2D eigenvalue weighted by molar-refractivity contribution is 6.45. The van der Waals surface area contributed by atoms with Crippen molar-refractivity contribution in [2.45, 2.75) is 20.8 Å². The van der Waals surface area contributed by atoms with Gasteiger partial charge >= 0.3 is 11.8 Å². The Bertz CT molecular complexity index is 765. The van der Waals surface area contributed by atoms with E-state index in [1.807, 2.05) is 32.9 Å². The highest BCUT2D eigenvalue weighted by atomic mass is 35.5. The molecule has 0 saturated carbocycles. The molecule has 120 valence electrons. The Hall–Kier alpha value is -2.04. The van der Waals surface area contributed by atoms with Crippen LogP contribution in [-0.4, -0.2) is 11.8 Å². The molecule has 2 aromatic carbocycles. The van der Waals surface area contributed by atoms with Crippen LogP contribution < -0.4 is 10.6 Å². The molecule has 0 saturated heterocycles. The highest BCUT2D eigenvalue weighted by Crippen LogP contribution is 2.26. The molecule has 0 aliphatic heterocycles. The van der Waals surface area contributed by atoms with Gasteiger partial charge < -0.3 is 10.6 Å². The van der Waals surface area contributed by atoms with Gasteiger partial charge in [0.05, 0.1) is 10.7 Å². The first kappa shape index (κ1) is 17.3. The lowest BCUT2D eigenvalue weighted by atomic mass is 10.1. The van der Waals surface area contributed by atoms with E-state index in [9.17, 15) is 9.59 Å². The summed E-state index contributed by atoms with van der Waals surface area (Å²) in [6, 6.07) is 8.49. The van der Waals surface area contributed by atoms with E-state index in [2.05, 4.69) is 10.6 Å². The van der Waals surface area contributed by atoms with Gasteiger partial charge in [-0.05, 0) is 50.1 Å². The molecule has 2 N–H and O–H groups in total. The molecule has 0 spiro atoms. The van der Waals surface area contributed by atoms with Crippen LogP contribution in [0.5, 0.6) is 0 Å². The molecule has 0 heterocycles. The number of aryl methyl sites for hydroxylation is 3. The van der Waals surface area contributed by atoms with Gasteiger partial charge in [-0.3, -0.25) is 9.59 Å². The van der Waals surface area contributed by atoms with Crippen molar-refractivity contribution in [3.63, 3.8) is 0 Å². The maximum atomic E-state index is 12.1. The van der Waals surface area contributed by atoms with Crippen LogP contribution in [0.25, 0.3) is 0 Å². The Labute approximate surface area is 144 Å². The standard InChI is InChI=1S/C17H16Cl2N2O2/c1-9-6-10(2)15(11(3)7-9)21-17(23)16(22)20-14-5-4-12(18)8-13(14)19/h4-8H,1-3H3,(H,20,22)(H,21,23). The van der Waals surface area contributed by atoms with Crippen molar-refractivity contribution in [1.29, 1.82) is 0 Å². The quantitative estimate of drug-likeness (QED) is 0.783. The number of carbonyl (C=O) groups excluding carboxylic acids is 2. The van der Waals surface area contributed by atoms with Crippen LogP contribution in [0.3, 0.4) is 0 Å². The number of halogens is 2. The smallest absolute Gasteiger partial charge is 0.314 e. The first-order chi connectivity index (χ1) is 10.8. The second kappa shape index (κ2) is 7.02. The van der Waals surface area contributed by atoms with Gasteiger partial charge in [0.25, 0.3) is 0 Å². The lowest BCUT2D eigenvalue weighted by Gasteiger charge is -2.13. The monoisotopic (exact) mass is 350 g/mol. The second-order valence-corrected chi connectivity index (χ2v) is 6.15. The SMILES string of the molecule is Cc1cc(C)c(NC(=O)C(=O)Nc2ccc(Cl)cc2Cl)c(C)c1. The lowest BCUT2D eigenvalue weighted by molar-refractivity contribution is -0.133. The third-order valence-corrected chi connectivity index (χ3v) is 3.85. The van der Waals surface area contributed by atoms with Crippen molar-refractivity contribution in [3.05, 3.63) is 57.1 Å². The summed E-state index contributed by atoms with van der Waals surface area (Å²) in [5, 5.41) is 5.82. The Morgan fingerprint density at radius 2 is 1.43 bits per heavy atom. The molecule has 6 heteroatoms. The van der Waals surface area contributed by atoms with Gasteiger partial charge in [-0.1, -0.05) is 40.9 Å². The van der Waals surface area contributed by atoms with E-state index in [0.717, 1.165) is 16.7 Å². The van der Waals surface area contributed by atoms with Gasteiger partial charge in [-0.25, -0.2) is 0 Å². The summed E-state index contributed by atoms with van der Waals surface area (Å²) >= 11 is 11.8. The minimum atomic E-state index is -0.798. The number of hydrogen-bond acceptors (Lipinski definition) is 2. The van der Waals surface area contributed by atoms with E-state index in [0.29, 0.717) is 16.4 Å². The van der Waals surface area contributed by atoms with Gasteiger partial charge in [0, 0.05) is 10.7 Å². The molecule has 0 aromatic heterocycles.